The average molecular weight is 325 g/mol. The van der Waals surface area contributed by atoms with Crippen LogP contribution in [-0.2, 0) is 0 Å². The average Bonchev–Trinajstić information content (AvgIpc) is 2.75. The molecule has 20 heavy (non-hydrogen) atoms. The molecule has 2 unspecified atom stereocenters. The van der Waals surface area contributed by atoms with Crippen molar-refractivity contribution in [3.63, 3.8) is 0 Å². The van der Waals surface area contributed by atoms with Gasteiger partial charge in [-0.05, 0) is 25.5 Å². The van der Waals surface area contributed by atoms with Crippen LogP contribution in [0.5, 0.6) is 0 Å². The molecule has 112 valence electrons. The summed E-state index contributed by atoms with van der Waals surface area (Å²) in [6.07, 6.45) is -2.96. The van der Waals surface area contributed by atoms with Crippen LogP contribution in [0.4, 0.5) is 13.2 Å². The van der Waals surface area contributed by atoms with Crippen molar-refractivity contribution in [1.29, 1.82) is 0 Å². The SMILES string of the molecule is CC(N)C(c1ccc(Cl)s1)N1CC=C(C(F)(F)F)CC1. The van der Waals surface area contributed by atoms with Gasteiger partial charge in [0.2, 0.25) is 0 Å². The first-order valence-electron chi connectivity index (χ1n) is 6.30. The van der Waals surface area contributed by atoms with Gasteiger partial charge in [0.05, 0.1) is 10.4 Å². The van der Waals surface area contributed by atoms with Crippen molar-refractivity contribution in [1.82, 2.24) is 4.90 Å². The Labute approximate surface area is 125 Å². The molecular weight excluding hydrogens is 309 g/mol. The highest BCUT2D eigenvalue weighted by atomic mass is 35.5. The second-order valence-electron chi connectivity index (χ2n) is 4.92. The molecule has 0 aliphatic carbocycles. The van der Waals surface area contributed by atoms with E-state index in [0.29, 0.717) is 10.9 Å². The molecule has 0 aromatic carbocycles. The van der Waals surface area contributed by atoms with Gasteiger partial charge in [-0.15, -0.1) is 11.3 Å². The fourth-order valence-electron chi connectivity index (χ4n) is 2.45. The zero-order valence-electron chi connectivity index (χ0n) is 11.0. The maximum absolute atomic E-state index is 12.6. The lowest BCUT2D eigenvalue weighted by molar-refractivity contribution is -0.0964. The molecule has 2 heterocycles. The zero-order chi connectivity index (χ0) is 14.9. The van der Waals surface area contributed by atoms with Gasteiger partial charge in [-0.3, -0.25) is 4.90 Å². The van der Waals surface area contributed by atoms with Crippen molar-refractivity contribution in [3.05, 3.63) is 33.0 Å². The quantitative estimate of drug-likeness (QED) is 0.852. The van der Waals surface area contributed by atoms with Crippen LogP contribution in [0.15, 0.2) is 23.8 Å². The molecule has 0 fully saturated rings. The predicted octanol–water partition coefficient (Wildman–Crippen LogP) is 3.98. The Morgan fingerprint density at radius 2 is 2.10 bits per heavy atom. The molecule has 2 atom stereocenters. The fourth-order valence-corrected chi connectivity index (χ4v) is 3.77. The Morgan fingerprint density at radius 3 is 2.50 bits per heavy atom. The minimum Gasteiger partial charge on any atom is -0.326 e. The third-order valence-corrected chi connectivity index (χ3v) is 4.68. The Hall–Kier alpha value is -0.560. The first kappa shape index (κ1) is 15.8. The van der Waals surface area contributed by atoms with Crippen molar-refractivity contribution < 1.29 is 13.2 Å². The Balaban J connectivity index is 2.16. The van der Waals surface area contributed by atoms with Crippen LogP contribution in [0.2, 0.25) is 4.34 Å². The minimum atomic E-state index is -4.22. The predicted molar refractivity (Wildman–Crippen MR) is 76.0 cm³/mol. The summed E-state index contributed by atoms with van der Waals surface area (Å²) >= 11 is 7.35. The summed E-state index contributed by atoms with van der Waals surface area (Å²) in [5.74, 6) is 0. The van der Waals surface area contributed by atoms with E-state index >= 15 is 0 Å². The summed E-state index contributed by atoms with van der Waals surface area (Å²) in [5, 5.41) is 0. The summed E-state index contributed by atoms with van der Waals surface area (Å²) < 4.78 is 38.5. The summed E-state index contributed by atoms with van der Waals surface area (Å²) in [6, 6.07) is 3.41. The van der Waals surface area contributed by atoms with E-state index < -0.39 is 11.7 Å². The summed E-state index contributed by atoms with van der Waals surface area (Å²) in [7, 11) is 0. The zero-order valence-corrected chi connectivity index (χ0v) is 12.5. The molecule has 0 spiro atoms. The molecule has 1 aromatic heterocycles. The van der Waals surface area contributed by atoms with Crippen molar-refractivity contribution in [3.8, 4) is 0 Å². The lowest BCUT2D eigenvalue weighted by Gasteiger charge is -2.35. The first-order valence-corrected chi connectivity index (χ1v) is 7.49. The second-order valence-corrected chi connectivity index (χ2v) is 6.66. The largest absolute Gasteiger partial charge is 0.412 e. The van der Waals surface area contributed by atoms with Crippen LogP contribution in [0.1, 0.15) is 24.3 Å². The molecule has 1 aromatic rings. The third-order valence-electron chi connectivity index (χ3n) is 3.38. The molecule has 7 heteroatoms. The lowest BCUT2D eigenvalue weighted by Crippen LogP contribution is -2.42. The Morgan fingerprint density at radius 1 is 1.40 bits per heavy atom. The Bertz CT molecular complexity index is 496. The van der Waals surface area contributed by atoms with Gasteiger partial charge in [-0.1, -0.05) is 17.7 Å². The van der Waals surface area contributed by atoms with E-state index in [9.17, 15) is 13.2 Å². The van der Waals surface area contributed by atoms with E-state index in [-0.39, 0.29) is 25.0 Å². The van der Waals surface area contributed by atoms with Gasteiger partial charge in [0, 0.05) is 29.6 Å². The number of nitrogens with two attached hydrogens (primary N) is 1. The van der Waals surface area contributed by atoms with Crippen LogP contribution in [0, 0.1) is 0 Å². The topological polar surface area (TPSA) is 29.3 Å². The van der Waals surface area contributed by atoms with Gasteiger partial charge in [0.15, 0.2) is 0 Å². The monoisotopic (exact) mass is 324 g/mol. The van der Waals surface area contributed by atoms with Gasteiger partial charge in [-0.25, -0.2) is 0 Å². The second kappa shape index (κ2) is 6.05. The van der Waals surface area contributed by atoms with Crippen LogP contribution in [-0.4, -0.2) is 30.2 Å². The number of nitrogens with zero attached hydrogens (tertiary/aromatic N) is 1. The molecule has 0 saturated heterocycles. The number of halogens is 4. The summed E-state index contributed by atoms with van der Waals surface area (Å²) in [4.78, 5) is 2.97. The maximum Gasteiger partial charge on any atom is 0.412 e. The number of rotatable bonds is 3. The molecule has 1 aliphatic heterocycles. The van der Waals surface area contributed by atoms with Crippen LogP contribution >= 0.6 is 22.9 Å². The van der Waals surface area contributed by atoms with Crippen LogP contribution < -0.4 is 5.73 Å². The molecule has 0 radical (unpaired) electrons. The number of thiophene rings is 1. The van der Waals surface area contributed by atoms with Gasteiger partial charge in [-0.2, -0.15) is 13.2 Å². The third kappa shape index (κ3) is 3.55. The van der Waals surface area contributed by atoms with Crippen molar-refractivity contribution in [2.75, 3.05) is 13.1 Å². The molecule has 0 amide bonds. The minimum absolute atomic E-state index is 0.00578. The highest BCUT2D eigenvalue weighted by Crippen LogP contribution is 2.36. The molecule has 2 rings (SSSR count). The smallest absolute Gasteiger partial charge is 0.326 e. The lowest BCUT2D eigenvalue weighted by atomic mass is 10.0. The van der Waals surface area contributed by atoms with E-state index in [0.717, 1.165) is 4.88 Å². The summed E-state index contributed by atoms with van der Waals surface area (Å²) in [6.45, 7) is 2.48. The van der Waals surface area contributed by atoms with Crippen LogP contribution in [0.25, 0.3) is 0 Å². The number of hydrogen-bond donors (Lipinski definition) is 1. The van der Waals surface area contributed by atoms with E-state index in [1.807, 2.05) is 17.9 Å². The fraction of sp³-hybridized carbons (Fsp3) is 0.538. The number of hydrogen-bond acceptors (Lipinski definition) is 3. The molecular formula is C13H16ClF3N2S. The maximum atomic E-state index is 12.6. The van der Waals surface area contributed by atoms with Crippen molar-refractivity contribution in [2.45, 2.75) is 31.6 Å². The highest BCUT2D eigenvalue weighted by molar-refractivity contribution is 7.16. The molecule has 0 saturated carbocycles. The van der Waals surface area contributed by atoms with E-state index in [1.54, 1.807) is 6.07 Å². The van der Waals surface area contributed by atoms with Crippen molar-refractivity contribution in [2.24, 2.45) is 5.73 Å². The standard InChI is InChI=1S/C13H16ClF3N2S/c1-8(18)12(10-2-3-11(14)20-10)19-6-4-9(5-7-19)13(15,16)17/h2-4,8,12H,5-7,18H2,1H3. The molecule has 0 bridgehead atoms. The summed E-state index contributed by atoms with van der Waals surface area (Å²) in [5.41, 5.74) is 5.57. The van der Waals surface area contributed by atoms with Gasteiger partial charge < -0.3 is 5.73 Å². The number of alkyl halides is 3. The highest BCUT2D eigenvalue weighted by Gasteiger charge is 2.36. The van der Waals surface area contributed by atoms with Crippen molar-refractivity contribution >= 4 is 22.9 Å². The van der Waals surface area contributed by atoms with E-state index in [4.69, 9.17) is 17.3 Å². The van der Waals surface area contributed by atoms with Crippen LogP contribution in [0.3, 0.4) is 0 Å². The van der Waals surface area contributed by atoms with Gasteiger partial charge in [0.25, 0.3) is 0 Å². The van der Waals surface area contributed by atoms with Gasteiger partial charge >= 0.3 is 6.18 Å². The van der Waals surface area contributed by atoms with E-state index in [2.05, 4.69) is 0 Å². The molecule has 2 nitrogen and oxygen atoms in total. The van der Waals surface area contributed by atoms with E-state index in [1.165, 1.54) is 17.4 Å². The molecule has 1 aliphatic rings. The van der Waals surface area contributed by atoms with Gasteiger partial charge in [0.1, 0.15) is 0 Å². The Kier molecular flexibility index (Phi) is 4.79. The first-order chi connectivity index (χ1) is 9.29. The normalized spacial score (nSPS) is 20.6. The molecule has 2 N–H and O–H groups in total.